The monoisotopic (exact) mass is 427 g/mol. The number of carbonyl (C=O) groups excluding carboxylic acids is 4. The van der Waals surface area contributed by atoms with E-state index in [9.17, 15) is 19.2 Å². The molecule has 3 rings (SSSR count). The summed E-state index contributed by atoms with van der Waals surface area (Å²) < 4.78 is 15.6. The highest BCUT2D eigenvalue weighted by atomic mass is 16.7. The Bertz CT molecular complexity index is 958. The zero-order chi connectivity index (χ0) is 22.6. The van der Waals surface area contributed by atoms with Gasteiger partial charge in [0.25, 0.3) is 18.3 Å². The molecule has 0 fully saturated rings. The van der Waals surface area contributed by atoms with E-state index in [0.717, 1.165) is 0 Å². The number of amides is 2. The Morgan fingerprint density at radius 1 is 0.968 bits per heavy atom. The molecule has 0 N–H and O–H groups in total. The van der Waals surface area contributed by atoms with E-state index in [1.807, 2.05) is 0 Å². The summed E-state index contributed by atoms with van der Waals surface area (Å²) in [5, 5.41) is 0.545. The van der Waals surface area contributed by atoms with Crippen molar-refractivity contribution in [1.82, 2.24) is 5.06 Å². The number of hydrogen-bond donors (Lipinski definition) is 0. The largest absolute Gasteiger partial charge is 0.490 e. The molecule has 0 aromatic heterocycles. The van der Waals surface area contributed by atoms with Crippen LogP contribution in [0, 0.1) is 0 Å². The molecule has 1 aliphatic heterocycles. The van der Waals surface area contributed by atoms with Crippen molar-refractivity contribution in [2.45, 2.75) is 32.5 Å². The van der Waals surface area contributed by atoms with Gasteiger partial charge in [-0.05, 0) is 57.2 Å². The minimum Gasteiger partial charge on any atom is -0.490 e. The number of ether oxygens (including phenoxy) is 3. The van der Waals surface area contributed by atoms with Crippen LogP contribution < -0.4 is 9.47 Å². The van der Waals surface area contributed by atoms with Gasteiger partial charge in [-0.3, -0.25) is 14.4 Å². The molecule has 0 spiro atoms. The number of hydroxylamine groups is 2. The number of esters is 1. The van der Waals surface area contributed by atoms with E-state index in [2.05, 4.69) is 0 Å². The molecule has 0 saturated heterocycles. The van der Waals surface area contributed by atoms with Gasteiger partial charge in [0.15, 0.2) is 0 Å². The molecule has 31 heavy (non-hydrogen) atoms. The van der Waals surface area contributed by atoms with Gasteiger partial charge in [-0.15, -0.1) is 5.06 Å². The molecular weight excluding hydrogens is 406 g/mol. The van der Waals surface area contributed by atoms with E-state index >= 15 is 0 Å². The maximum Gasteiger partial charge on any atom is 0.342 e. The van der Waals surface area contributed by atoms with Crippen molar-refractivity contribution in [1.29, 1.82) is 0 Å². The van der Waals surface area contributed by atoms with Gasteiger partial charge in [-0.25, -0.2) is 9.63 Å². The number of benzene rings is 2. The van der Waals surface area contributed by atoms with Gasteiger partial charge in [0.05, 0.1) is 11.1 Å². The molecule has 0 radical (unpaired) electrons. The number of rotatable bonds is 8. The Balaban J connectivity index is 1.75. The lowest BCUT2D eigenvalue weighted by molar-refractivity contribution is -0.193. The highest BCUT2D eigenvalue weighted by Crippen LogP contribution is 2.25. The predicted molar refractivity (Wildman–Crippen MR) is 106 cm³/mol. The SMILES string of the molecule is CC(C)(C)OC(=O)[C@H](COc1ccc(OC=O)cc1)ON1C(=O)c2ccccc2C1=O. The molecule has 1 aliphatic rings. The van der Waals surface area contributed by atoms with Gasteiger partial charge < -0.3 is 14.2 Å². The Labute approximate surface area is 178 Å². The standard InChI is InChI=1S/C22H21NO8/c1-22(2,3)30-21(27)18(12-28-14-8-10-15(11-9-14)29-13-24)31-23-19(25)16-6-4-5-7-17(16)20(23)26/h4-11,13,18H,12H2,1-3H3/t18-/m0/s1. The van der Waals surface area contributed by atoms with E-state index < -0.39 is 29.5 Å². The Kier molecular flexibility index (Phi) is 6.36. The quantitative estimate of drug-likeness (QED) is 0.359. The van der Waals surface area contributed by atoms with Crippen molar-refractivity contribution >= 4 is 24.3 Å². The maximum atomic E-state index is 12.7. The number of carbonyl (C=O) groups is 4. The molecule has 0 bridgehead atoms. The third kappa shape index (κ3) is 5.26. The maximum absolute atomic E-state index is 12.7. The van der Waals surface area contributed by atoms with Crippen LogP contribution in [0.2, 0.25) is 0 Å². The van der Waals surface area contributed by atoms with Crippen LogP contribution in [-0.2, 0) is 19.2 Å². The average molecular weight is 427 g/mol. The van der Waals surface area contributed by atoms with E-state index in [0.29, 0.717) is 23.0 Å². The summed E-state index contributed by atoms with van der Waals surface area (Å²) in [7, 11) is 0. The second kappa shape index (κ2) is 8.97. The molecule has 1 heterocycles. The van der Waals surface area contributed by atoms with Crippen molar-refractivity contribution < 1.29 is 38.2 Å². The lowest BCUT2D eigenvalue weighted by Gasteiger charge is -2.26. The summed E-state index contributed by atoms with van der Waals surface area (Å²) in [4.78, 5) is 53.7. The minimum atomic E-state index is -1.40. The third-order valence-electron chi connectivity index (χ3n) is 4.07. The Morgan fingerprint density at radius 2 is 1.52 bits per heavy atom. The van der Waals surface area contributed by atoms with Gasteiger partial charge in [0.2, 0.25) is 6.10 Å². The fraction of sp³-hybridized carbons (Fsp3) is 0.273. The summed E-state index contributed by atoms with van der Waals surface area (Å²) in [6.07, 6.45) is -1.40. The first kappa shape index (κ1) is 22.0. The first-order valence-electron chi connectivity index (χ1n) is 9.40. The van der Waals surface area contributed by atoms with Crippen molar-refractivity contribution in [2.75, 3.05) is 6.61 Å². The highest BCUT2D eigenvalue weighted by Gasteiger charge is 2.40. The molecule has 162 valence electrons. The van der Waals surface area contributed by atoms with Crippen LogP contribution >= 0.6 is 0 Å². The van der Waals surface area contributed by atoms with Crippen LogP contribution in [0.3, 0.4) is 0 Å². The molecule has 9 heteroatoms. The summed E-state index contributed by atoms with van der Waals surface area (Å²) in [6.45, 7) is 4.99. The molecule has 0 unspecified atom stereocenters. The molecular formula is C22H21NO8. The van der Waals surface area contributed by atoms with Crippen molar-refractivity contribution in [2.24, 2.45) is 0 Å². The molecule has 0 aliphatic carbocycles. The summed E-state index contributed by atoms with van der Waals surface area (Å²) in [6, 6.07) is 12.3. The fourth-order valence-corrected chi connectivity index (χ4v) is 2.74. The lowest BCUT2D eigenvalue weighted by Crippen LogP contribution is -2.43. The van der Waals surface area contributed by atoms with Gasteiger partial charge >= 0.3 is 5.97 Å². The summed E-state index contributed by atoms with van der Waals surface area (Å²) in [5.74, 6) is -1.50. The molecule has 1 atom stereocenters. The van der Waals surface area contributed by atoms with Gasteiger partial charge in [-0.2, -0.15) is 0 Å². The topological polar surface area (TPSA) is 108 Å². The predicted octanol–water partition coefficient (Wildman–Crippen LogP) is 2.54. The number of imide groups is 1. The van der Waals surface area contributed by atoms with Crippen LogP contribution in [0.15, 0.2) is 48.5 Å². The Hall–Kier alpha value is -3.72. The third-order valence-corrected chi connectivity index (χ3v) is 4.07. The smallest absolute Gasteiger partial charge is 0.342 e. The fourth-order valence-electron chi connectivity index (χ4n) is 2.74. The van der Waals surface area contributed by atoms with Gasteiger partial charge in [-0.1, -0.05) is 12.1 Å². The van der Waals surface area contributed by atoms with E-state index in [4.69, 9.17) is 19.0 Å². The van der Waals surface area contributed by atoms with Crippen LogP contribution in [0.1, 0.15) is 41.5 Å². The van der Waals surface area contributed by atoms with Crippen molar-refractivity contribution in [3.05, 3.63) is 59.7 Å². The van der Waals surface area contributed by atoms with E-state index in [-0.39, 0.29) is 17.7 Å². The highest BCUT2D eigenvalue weighted by molar-refractivity contribution is 6.20. The minimum absolute atomic E-state index is 0.183. The molecule has 2 amide bonds. The first-order chi connectivity index (χ1) is 14.7. The second-order valence-corrected chi connectivity index (χ2v) is 7.57. The zero-order valence-electron chi connectivity index (χ0n) is 17.2. The average Bonchev–Trinajstić information content (AvgIpc) is 2.96. The van der Waals surface area contributed by atoms with Crippen LogP contribution in [0.4, 0.5) is 0 Å². The number of nitrogens with zero attached hydrogens (tertiary/aromatic N) is 1. The summed E-state index contributed by atoms with van der Waals surface area (Å²) >= 11 is 0. The van der Waals surface area contributed by atoms with Crippen LogP contribution in [0.5, 0.6) is 11.5 Å². The van der Waals surface area contributed by atoms with Crippen LogP contribution in [0.25, 0.3) is 0 Å². The van der Waals surface area contributed by atoms with Crippen molar-refractivity contribution in [3.63, 3.8) is 0 Å². The second-order valence-electron chi connectivity index (χ2n) is 7.57. The van der Waals surface area contributed by atoms with E-state index in [1.165, 1.54) is 36.4 Å². The Morgan fingerprint density at radius 3 is 2.03 bits per heavy atom. The summed E-state index contributed by atoms with van der Waals surface area (Å²) in [5.41, 5.74) is -0.460. The lowest BCUT2D eigenvalue weighted by atomic mass is 10.1. The van der Waals surface area contributed by atoms with E-state index in [1.54, 1.807) is 32.9 Å². The molecule has 2 aromatic rings. The van der Waals surface area contributed by atoms with Gasteiger partial charge in [0.1, 0.15) is 23.7 Å². The van der Waals surface area contributed by atoms with Gasteiger partial charge in [0, 0.05) is 0 Å². The molecule has 9 nitrogen and oxygen atoms in total. The van der Waals surface area contributed by atoms with Crippen molar-refractivity contribution in [3.8, 4) is 11.5 Å². The number of fused-ring (bicyclic) bond motifs is 1. The number of hydrogen-bond acceptors (Lipinski definition) is 8. The molecule has 2 aromatic carbocycles. The molecule has 0 saturated carbocycles. The first-order valence-corrected chi connectivity index (χ1v) is 9.40. The normalized spacial score (nSPS) is 14.1. The zero-order valence-corrected chi connectivity index (χ0v) is 17.2. The van der Waals surface area contributed by atoms with Crippen LogP contribution in [-0.4, -0.2) is 47.6 Å².